The van der Waals surface area contributed by atoms with Crippen LogP contribution in [0.5, 0.6) is 11.5 Å². The lowest BCUT2D eigenvalue weighted by atomic mass is 9.99. The van der Waals surface area contributed by atoms with Gasteiger partial charge in [0.25, 0.3) is 15.9 Å². The van der Waals surface area contributed by atoms with Crippen LogP contribution in [-0.4, -0.2) is 81.3 Å². The molecule has 1 aliphatic heterocycles. The van der Waals surface area contributed by atoms with Crippen LogP contribution in [0, 0.1) is 11.7 Å². The maximum atomic E-state index is 13.7. The molecule has 1 heterocycles. The molecule has 0 bridgehead atoms. The summed E-state index contributed by atoms with van der Waals surface area (Å²) in [6.45, 7) is 3.64. The van der Waals surface area contributed by atoms with Crippen LogP contribution < -0.4 is 19.5 Å². The van der Waals surface area contributed by atoms with Gasteiger partial charge < -0.3 is 29.7 Å². The zero-order valence-corrected chi connectivity index (χ0v) is 25.1. The van der Waals surface area contributed by atoms with E-state index in [0.29, 0.717) is 11.4 Å². The van der Waals surface area contributed by atoms with E-state index in [9.17, 15) is 27.5 Å². The van der Waals surface area contributed by atoms with Gasteiger partial charge in [-0.05, 0) is 73.7 Å². The Bertz CT molecular complexity index is 1550. The summed E-state index contributed by atoms with van der Waals surface area (Å²) in [7, 11) is -0.923. The lowest BCUT2D eigenvalue weighted by Crippen LogP contribution is -2.50. The van der Waals surface area contributed by atoms with E-state index in [1.165, 1.54) is 83.6 Å². The van der Waals surface area contributed by atoms with E-state index < -0.39 is 39.9 Å². The number of hydrogen-bond donors (Lipinski definition) is 3. The van der Waals surface area contributed by atoms with Crippen LogP contribution in [-0.2, 0) is 10.0 Å². The van der Waals surface area contributed by atoms with E-state index in [2.05, 4.69) is 10.0 Å². The topological polar surface area (TPSA) is 138 Å². The molecule has 0 saturated heterocycles. The maximum Gasteiger partial charge on any atom is 0.321 e. The highest BCUT2D eigenvalue weighted by atomic mass is 32.2. The van der Waals surface area contributed by atoms with Gasteiger partial charge in [-0.2, -0.15) is 0 Å². The molecular formula is C30H35FN4O7S. The number of sulfonamides is 1. The zero-order chi connectivity index (χ0) is 31.3. The molecule has 0 radical (unpaired) electrons. The number of halogens is 1. The van der Waals surface area contributed by atoms with Crippen molar-refractivity contribution in [3.63, 3.8) is 0 Å². The standard InChI is InChI=1S/C30H35FN4O7S/c1-19-16-35(20(2)18-36)29(37)26-15-23(33-43(39,40)25-12-10-24(41-4)11-13-25)9-14-27(26)42-28(19)17-34(3)30(38)32-22-7-5-21(31)6-8-22/h5-15,19-20,28,33,36H,16-18H2,1-4H3,(H,32,38)/t19-,20-,28+/m0/s1. The number of aliphatic hydroxyl groups excluding tert-OH is 1. The molecule has 230 valence electrons. The second kappa shape index (κ2) is 13.3. The average Bonchev–Trinajstić information content (AvgIpc) is 2.99. The highest BCUT2D eigenvalue weighted by Crippen LogP contribution is 2.31. The summed E-state index contributed by atoms with van der Waals surface area (Å²) in [5, 5.41) is 12.6. The van der Waals surface area contributed by atoms with Crippen molar-refractivity contribution in [3.8, 4) is 11.5 Å². The van der Waals surface area contributed by atoms with Gasteiger partial charge >= 0.3 is 6.03 Å². The largest absolute Gasteiger partial charge is 0.497 e. The molecule has 0 aliphatic carbocycles. The third kappa shape index (κ3) is 7.54. The molecule has 1 aliphatic rings. The highest BCUT2D eigenvalue weighted by molar-refractivity contribution is 7.92. The van der Waals surface area contributed by atoms with E-state index in [-0.39, 0.29) is 47.5 Å². The number of nitrogens with one attached hydrogen (secondary N) is 2. The lowest BCUT2D eigenvalue weighted by Gasteiger charge is -2.38. The van der Waals surface area contributed by atoms with Gasteiger partial charge in [0.2, 0.25) is 0 Å². The van der Waals surface area contributed by atoms with Crippen molar-refractivity contribution >= 4 is 33.3 Å². The number of aliphatic hydroxyl groups is 1. The molecule has 13 heteroatoms. The van der Waals surface area contributed by atoms with E-state index in [1.54, 1.807) is 14.0 Å². The number of amides is 3. The van der Waals surface area contributed by atoms with E-state index in [4.69, 9.17) is 9.47 Å². The third-order valence-corrected chi connectivity index (χ3v) is 8.58. The average molecular weight is 615 g/mol. The summed E-state index contributed by atoms with van der Waals surface area (Å²) < 4.78 is 53.2. The number of anilines is 2. The zero-order valence-electron chi connectivity index (χ0n) is 24.3. The number of fused-ring (bicyclic) bond motifs is 1. The number of carbonyl (C=O) groups excluding carboxylic acids is 2. The molecule has 0 aromatic heterocycles. The highest BCUT2D eigenvalue weighted by Gasteiger charge is 2.34. The number of urea groups is 1. The Morgan fingerprint density at radius 3 is 2.42 bits per heavy atom. The van der Waals surface area contributed by atoms with Gasteiger partial charge in [0, 0.05) is 30.9 Å². The van der Waals surface area contributed by atoms with Gasteiger partial charge in [-0.1, -0.05) is 6.92 Å². The molecule has 3 atom stereocenters. The molecule has 0 unspecified atom stereocenters. The molecule has 43 heavy (non-hydrogen) atoms. The van der Waals surface area contributed by atoms with Gasteiger partial charge in [0.15, 0.2) is 0 Å². The number of methoxy groups -OCH3 is 1. The van der Waals surface area contributed by atoms with E-state index in [1.807, 2.05) is 6.92 Å². The lowest BCUT2D eigenvalue weighted by molar-refractivity contribution is 0.0371. The van der Waals surface area contributed by atoms with Crippen molar-refractivity contribution < 1.29 is 37.0 Å². The van der Waals surface area contributed by atoms with Crippen molar-refractivity contribution in [1.82, 2.24) is 9.80 Å². The minimum atomic E-state index is -3.99. The predicted molar refractivity (Wildman–Crippen MR) is 159 cm³/mol. The van der Waals surface area contributed by atoms with Crippen LogP contribution in [0.3, 0.4) is 0 Å². The molecule has 4 rings (SSSR count). The van der Waals surface area contributed by atoms with Gasteiger partial charge in [-0.25, -0.2) is 17.6 Å². The van der Waals surface area contributed by atoms with Crippen LogP contribution in [0.2, 0.25) is 0 Å². The summed E-state index contributed by atoms with van der Waals surface area (Å²) in [6.07, 6.45) is -0.578. The summed E-state index contributed by atoms with van der Waals surface area (Å²) in [5.74, 6) is -0.412. The van der Waals surface area contributed by atoms with Crippen LogP contribution in [0.4, 0.5) is 20.6 Å². The third-order valence-electron chi connectivity index (χ3n) is 7.18. The van der Waals surface area contributed by atoms with Crippen LogP contribution in [0.1, 0.15) is 24.2 Å². The minimum Gasteiger partial charge on any atom is -0.497 e. The Balaban J connectivity index is 1.60. The van der Waals surface area contributed by atoms with Crippen molar-refractivity contribution in [2.45, 2.75) is 30.9 Å². The quantitative estimate of drug-likeness (QED) is 0.331. The fourth-order valence-corrected chi connectivity index (χ4v) is 5.63. The molecule has 0 saturated carbocycles. The van der Waals surface area contributed by atoms with Crippen LogP contribution in [0.25, 0.3) is 0 Å². The van der Waals surface area contributed by atoms with E-state index >= 15 is 0 Å². The Labute approximate surface area is 250 Å². The van der Waals surface area contributed by atoms with Gasteiger partial charge in [0.05, 0.1) is 36.8 Å². The first-order chi connectivity index (χ1) is 20.4. The summed E-state index contributed by atoms with van der Waals surface area (Å²) in [5.41, 5.74) is 0.669. The summed E-state index contributed by atoms with van der Waals surface area (Å²) in [4.78, 5) is 29.5. The molecule has 11 nitrogen and oxygen atoms in total. The summed E-state index contributed by atoms with van der Waals surface area (Å²) >= 11 is 0. The Morgan fingerprint density at radius 1 is 1.14 bits per heavy atom. The SMILES string of the molecule is COc1ccc(S(=O)(=O)Nc2ccc3c(c2)C(=O)N([C@@H](C)CO)C[C@H](C)[C@@H](CN(C)C(=O)Nc2ccc(F)cc2)O3)cc1. The van der Waals surface area contributed by atoms with Crippen molar-refractivity contribution in [1.29, 1.82) is 0 Å². The summed E-state index contributed by atoms with van der Waals surface area (Å²) in [6, 6.07) is 14.7. The first-order valence-electron chi connectivity index (χ1n) is 13.6. The Morgan fingerprint density at radius 2 is 1.79 bits per heavy atom. The second-order valence-corrected chi connectivity index (χ2v) is 12.1. The first-order valence-corrected chi connectivity index (χ1v) is 15.1. The Hall–Kier alpha value is -4.36. The number of carbonyl (C=O) groups is 2. The number of ether oxygens (including phenoxy) is 2. The molecule has 3 aromatic rings. The molecule has 3 amide bonds. The van der Waals surface area contributed by atoms with Gasteiger partial charge in [-0.3, -0.25) is 9.52 Å². The van der Waals surface area contributed by atoms with Crippen molar-refractivity contribution in [3.05, 3.63) is 78.1 Å². The van der Waals surface area contributed by atoms with Gasteiger partial charge in [0.1, 0.15) is 23.4 Å². The van der Waals surface area contributed by atoms with Crippen LogP contribution in [0.15, 0.2) is 71.6 Å². The van der Waals surface area contributed by atoms with Crippen molar-refractivity contribution in [2.75, 3.05) is 43.9 Å². The number of rotatable bonds is 9. The molecule has 0 spiro atoms. The number of nitrogens with zero attached hydrogens (tertiary/aromatic N) is 2. The molecule has 3 aromatic carbocycles. The Kier molecular flexibility index (Phi) is 9.77. The van der Waals surface area contributed by atoms with E-state index in [0.717, 1.165) is 0 Å². The molecular weight excluding hydrogens is 579 g/mol. The first kappa shape index (κ1) is 31.6. The predicted octanol–water partition coefficient (Wildman–Crippen LogP) is 4.02. The fourth-order valence-electron chi connectivity index (χ4n) is 4.58. The van der Waals surface area contributed by atoms with Crippen molar-refractivity contribution in [2.24, 2.45) is 5.92 Å². The van der Waals surface area contributed by atoms with Gasteiger partial charge in [-0.15, -0.1) is 0 Å². The molecule has 0 fully saturated rings. The normalized spacial score (nSPS) is 17.5. The second-order valence-electron chi connectivity index (χ2n) is 10.4. The maximum absolute atomic E-state index is 13.7. The number of benzene rings is 3. The minimum absolute atomic E-state index is 0.00832. The fraction of sp³-hybridized carbons (Fsp3) is 0.333. The number of likely N-dealkylation sites (N-methyl/N-ethyl adjacent to an activating group) is 1. The van der Waals surface area contributed by atoms with Crippen LogP contribution >= 0.6 is 0 Å². The monoisotopic (exact) mass is 614 g/mol. The smallest absolute Gasteiger partial charge is 0.321 e. The number of hydrogen-bond acceptors (Lipinski definition) is 7. The molecule has 3 N–H and O–H groups in total.